The molecule has 0 amide bonds. The number of nitriles is 1. The van der Waals surface area contributed by atoms with Gasteiger partial charge in [0.05, 0.1) is 18.2 Å². The molecular formula is C37H48Cl5N7S2. The molecule has 0 spiro atoms. The maximum atomic E-state index is 8.51. The van der Waals surface area contributed by atoms with Crippen molar-refractivity contribution in [3.05, 3.63) is 94.2 Å². The quantitative estimate of drug-likeness (QED) is 0.105. The molecule has 0 saturated carbocycles. The number of aromatic nitrogens is 2. The highest BCUT2D eigenvalue weighted by molar-refractivity contribution is 7.13. The van der Waals surface area contributed by atoms with Gasteiger partial charge in [-0.2, -0.15) is 5.26 Å². The molecule has 4 aromatic rings. The van der Waals surface area contributed by atoms with Crippen LogP contribution in [0.3, 0.4) is 0 Å². The highest BCUT2D eigenvalue weighted by Crippen LogP contribution is 2.38. The van der Waals surface area contributed by atoms with Gasteiger partial charge in [0.2, 0.25) is 0 Å². The molecule has 1 aliphatic heterocycles. The first-order valence-corrected chi connectivity index (χ1v) is 20.2. The highest BCUT2D eigenvalue weighted by Gasteiger charge is 2.43. The van der Waals surface area contributed by atoms with E-state index in [1.807, 2.05) is 68.0 Å². The number of rotatable bonds is 12. The molecule has 278 valence electrons. The van der Waals surface area contributed by atoms with Crippen molar-refractivity contribution in [1.29, 1.82) is 5.26 Å². The van der Waals surface area contributed by atoms with E-state index in [-0.39, 0.29) is 12.4 Å². The molecule has 1 fully saturated rings. The molecule has 0 bridgehead atoms. The number of hydrogen-bond donors (Lipinski definition) is 0. The van der Waals surface area contributed by atoms with E-state index in [0.29, 0.717) is 29.9 Å². The second-order valence-electron chi connectivity index (χ2n) is 11.6. The zero-order chi connectivity index (χ0) is 36.6. The first-order valence-electron chi connectivity index (χ1n) is 16.3. The first kappa shape index (κ1) is 47.0. The molecule has 1 aliphatic rings. The van der Waals surface area contributed by atoms with Crippen LogP contribution in [-0.2, 0) is 12.0 Å². The van der Waals surface area contributed by atoms with Gasteiger partial charge in [0.25, 0.3) is 5.54 Å². The molecule has 5 rings (SSSR count). The van der Waals surface area contributed by atoms with Crippen molar-refractivity contribution in [2.45, 2.75) is 24.8 Å². The van der Waals surface area contributed by atoms with Crippen molar-refractivity contribution in [2.24, 2.45) is 0 Å². The van der Waals surface area contributed by atoms with E-state index in [1.54, 1.807) is 22.7 Å². The molecule has 2 aromatic heterocycles. The van der Waals surface area contributed by atoms with Crippen LogP contribution in [0.4, 0.5) is 0 Å². The summed E-state index contributed by atoms with van der Waals surface area (Å²) in [5, 5.41) is 14.5. The van der Waals surface area contributed by atoms with Gasteiger partial charge in [-0.3, -0.25) is 0 Å². The molecule has 2 aromatic carbocycles. The van der Waals surface area contributed by atoms with Crippen LogP contribution in [0.1, 0.15) is 24.2 Å². The number of benzene rings is 2. The molecule has 1 saturated heterocycles. The molecule has 0 aliphatic carbocycles. The van der Waals surface area contributed by atoms with Crippen LogP contribution in [0.5, 0.6) is 0 Å². The van der Waals surface area contributed by atoms with E-state index in [2.05, 4.69) is 55.2 Å². The number of thiazole rings is 2. The number of hydrogen-bond acceptors (Lipinski definition) is 8. The largest absolute Gasteiger partial charge is 0.306 e. The molecule has 0 atom stereocenters. The maximum absolute atomic E-state index is 8.51. The third-order valence-electron chi connectivity index (χ3n) is 7.73. The third kappa shape index (κ3) is 17.6. The van der Waals surface area contributed by atoms with Crippen LogP contribution in [0.2, 0.25) is 0 Å². The lowest BCUT2D eigenvalue weighted by molar-refractivity contribution is 0.214. The Bertz CT molecular complexity index is 1510. The number of likely N-dealkylation sites (tertiary alicyclic amines) is 1. The van der Waals surface area contributed by atoms with E-state index in [1.165, 1.54) is 0 Å². The number of halogens is 5. The molecular weight excluding hydrogens is 784 g/mol. The summed E-state index contributed by atoms with van der Waals surface area (Å²) in [6, 6.07) is 22.3. The lowest BCUT2D eigenvalue weighted by atomic mass is 9.86. The van der Waals surface area contributed by atoms with Crippen molar-refractivity contribution < 1.29 is 0 Å². The monoisotopic (exact) mass is 829 g/mol. The normalized spacial score (nSPS) is 13.2. The number of piperidine rings is 1. The van der Waals surface area contributed by atoms with Gasteiger partial charge in [0, 0.05) is 97.5 Å². The SMILES string of the molecule is CN(CCCl)CCCl.CN(CCCl)CCCl.Cl.N#CCc1csc(-c2ccccc2)n1.[C-]#[N+]C1(c2csc(-c3ccccc3)n2)CCN(C)CC1. The summed E-state index contributed by atoms with van der Waals surface area (Å²) < 4.78 is 0. The third-order valence-corrected chi connectivity index (χ3v) is 10.2. The minimum atomic E-state index is -0.407. The molecule has 14 heteroatoms. The Kier molecular flexibility index (Phi) is 25.4. The number of nitrogens with zero attached hydrogens (tertiary/aromatic N) is 7. The predicted molar refractivity (Wildman–Crippen MR) is 225 cm³/mol. The van der Waals surface area contributed by atoms with Crippen LogP contribution in [0.15, 0.2) is 71.4 Å². The van der Waals surface area contributed by atoms with Gasteiger partial charge in [-0.05, 0) is 21.1 Å². The predicted octanol–water partition coefficient (Wildman–Crippen LogP) is 9.74. The highest BCUT2D eigenvalue weighted by atomic mass is 35.5. The summed E-state index contributed by atoms with van der Waals surface area (Å²) in [4.78, 5) is 19.6. The number of alkyl halides is 4. The van der Waals surface area contributed by atoms with E-state index in [9.17, 15) is 0 Å². The fraction of sp³-hybridized carbons (Fsp3) is 0.459. The van der Waals surface area contributed by atoms with Gasteiger partial charge in [-0.25, -0.2) is 16.5 Å². The lowest BCUT2D eigenvalue weighted by Crippen LogP contribution is -2.39. The molecule has 0 radical (unpaired) electrons. The van der Waals surface area contributed by atoms with Crippen molar-refractivity contribution in [3.8, 4) is 27.2 Å². The molecule has 3 heterocycles. The Morgan fingerprint density at radius 2 is 1.22 bits per heavy atom. The average molecular weight is 832 g/mol. The van der Waals surface area contributed by atoms with Crippen LogP contribution < -0.4 is 0 Å². The van der Waals surface area contributed by atoms with Crippen LogP contribution in [0, 0.1) is 17.9 Å². The van der Waals surface area contributed by atoms with Crippen LogP contribution in [-0.4, -0.2) is 109 Å². The molecule has 7 nitrogen and oxygen atoms in total. The lowest BCUT2D eigenvalue weighted by Gasteiger charge is -2.30. The van der Waals surface area contributed by atoms with Crippen molar-refractivity contribution in [1.82, 2.24) is 24.7 Å². The van der Waals surface area contributed by atoms with Gasteiger partial charge in [0.1, 0.15) is 15.7 Å². The maximum Gasteiger partial charge on any atom is 0.277 e. The Morgan fingerprint density at radius 3 is 1.63 bits per heavy atom. The van der Waals surface area contributed by atoms with E-state index >= 15 is 0 Å². The molecule has 0 N–H and O–H groups in total. The van der Waals surface area contributed by atoms with E-state index < -0.39 is 5.54 Å². The van der Waals surface area contributed by atoms with Crippen LogP contribution in [0.25, 0.3) is 26.0 Å². The zero-order valence-corrected chi connectivity index (χ0v) is 35.0. The Morgan fingerprint density at radius 1 is 0.784 bits per heavy atom. The van der Waals surface area contributed by atoms with Gasteiger partial charge in [-0.15, -0.1) is 81.5 Å². The second-order valence-corrected chi connectivity index (χ2v) is 14.8. The second kappa shape index (κ2) is 27.6. The van der Waals surface area contributed by atoms with Gasteiger partial charge in [-0.1, -0.05) is 60.7 Å². The summed E-state index contributed by atoms with van der Waals surface area (Å²) >= 11 is 25.0. The molecule has 0 unspecified atom stereocenters. The summed E-state index contributed by atoms with van der Waals surface area (Å²) in [5.74, 6) is 2.75. The van der Waals surface area contributed by atoms with Gasteiger partial charge in [0.15, 0.2) is 0 Å². The van der Waals surface area contributed by atoms with Gasteiger partial charge < -0.3 is 19.5 Å². The summed E-state index contributed by atoms with van der Waals surface area (Å²) in [6.07, 6.45) is 2.15. The average Bonchev–Trinajstić information content (AvgIpc) is 3.83. The smallest absolute Gasteiger partial charge is 0.277 e. The fourth-order valence-corrected chi connectivity index (χ4v) is 7.50. The Hall–Kier alpha value is -1.99. The summed E-state index contributed by atoms with van der Waals surface area (Å²) in [6.45, 7) is 13.3. The molecule has 51 heavy (non-hydrogen) atoms. The van der Waals surface area contributed by atoms with E-state index in [4.69, 9.17) is 63.2 Å². The first-order chi connectivity index (χ1) is 24.2. The standard InChI is InChI=1S/C16H17N3S.C11H8N2S.2C5H11Cl2N.ClH/c1-17-16(8-10-19(2)11-9-16)14-12-20-15(18-14)13-6-4-3-5-7-13;12-7-6-10-8-14-11(13-10)9-4-2-1-3-5-9;2*1-8(4-2-6)5-3-7;/h3-7,12H,8-11H2,2H3;1-5,8H,6H2;2*2-5H2,1H3;1H. The minimum absolute atomic E-state index is 0. The fourth-order valence-electron chi connectivity index (χ4n) is 4.60. The topological polar surface area (TPSA) is 63.6 Å². The van der Waals surface area contributed by atoms with Crippen LogP contribution >= 0.6 is 81.5 Å². The zero-order valence-electron chi connectivity index (χ0n) is 29.5. The summed E-state index contributed by atoms with van der Waals surface area (Å²) in [5.41, 5.74) is 3.66. The van der Waals surface area contributed by atoms with Crippen molar-refractivity contribution >= 4 is 81.5 Å². The Balaban J connectivity index is 0.000000367. The van der Waals surface area contributed by atoms with E-state index in [0.717, 1.165) is 84.6 Å². The van der Waals surface area contributed by atoms with Crippen molar-refractivity contribution in [3.63, 3.8) is 0 Å². The van der Waals surface area contributed by atoms with Crippen molar-refractivity contribution in [2.75, 3.05) is 83.9 Å². The minimum Gasteiger partial charge on any atom is -0.306 e. The Labute approximate surface area is 339 Å². The summed E-state index contributed by atoms with van der Waals surface area (Å²) in [7, 11) is 6.12. The van der Waals surface area contributed by atoms with Gasteiger partial charge >= 0.3 is 0 Å².